The second-order valence-electron chi connectivity index (χ2n) is 4.27. The van der Waals surface area contributed by atoms with Gasteiger partial charge >= 0.3 is 0 Å². The van der Waals surface area contributed by atoms with E-state index in [0.717, 1.165) is 5.69 Å². The van der Waals surface area contributed by atoms with Crippen molar-refractivity contribution in [3.05, 3.63) is 29.8 Å². The highest BCUT2D eigenvalue weighted by Gasteiger charge is 2.29. The van der Waals surface area contributed by atoms with Gasteiger partial charge in [-0.2, -0.15) is 0 Å². The molecule has 1 fully saturated rings. The van der Waals surface area contributed by atoms with E-state index in [4.69, 9.17) is 11.5 Å². The molecule has 0 aromatic heterocycles. The molecule has 4 nitrogen and oxygen atoms in total. The highest BCUT2D eigenvalue weighted by atomic mass is 16.1. The molecule has 1 aromatic rings. The molecule has 0 radical (unpaired) electrons. The lowest BCUT2D eigenvalue weighted by atomic mass is 10.1. The van der Waals surface area contributed by atoms with Crippen LogP contribution < -0.4 is 16.8 Å². The van der Waals surface area contributed by atoms with Gasteiger partial charge in [0.05, 0.1) is 0 Å². The number of benzene rings is 1. The molecule has 1 saturated carbocycles. The maximum absolute atomic E-state index is 10.9. The number of anilines is 1. The number of carbonyl (C=O) groups excluding carboxylic acids is 1. The summed E-state index contributed by atoms with van der Waals surface area (Å²) in [4.78, 5) is 10.9. The number of primary amides is 1. The van der Waals surface area contributed by atoms with Gasteiger partial charge in [-0.1, -0.05) is 0 Å². The topological polar surface area (TPSA) is 81.1 Å². The van der Waals surface area contributed by atoms with Gasteiger partial charge in [0.15, 0.2) is 0 Å². The van der Waals surface area contributed by atoms with Crippen LogP contribution >= 0.6 is 0 Å². The summed E-state index contributed by atoms with van der Waals surface area (Å²) in [6.07, 6.45) is 2.52. The van der Waals surface area contributed by atoms with Gasteiger partial charge < -0.3 is 16.8 Å². The van der Waals surface area contributed by atoms with Crippen molar-refractivity contribution in [1.82, 2.24) is 0 Å². The molecule has 5 N–H and O–H groups in total. The summed E-state index contributed by atoms with van der Waals surface area (Å²) in [6, 6.07) is 7.53. The number of nitrogens with two attached hydrogens (primary N) is 2. The smallest absolute Gasteiger partial charge is 0.248 e. The molecule has 0 spiro atoms. The van der Waals surface area contributed by atoms with Crippen molar-refractivity contribution in [3.63, 3.8) is 0 Å². The van der Waals surface area contributed by atoms with Crippen molar-refractivity contribution in [2.45, 2.75) is 18.9 Å². The highest BCUT2D eigenvalue weighted by molar-refractivity contribution is 5.93. The first-order valence-electron chi connectivity index (χ1n) is 5.57. The Balaban J connectivity index is 2.01. The Labute approximate surface area is 95.0 Å². The van der Waals surface area contributed by atoms with Gasteiger partial charge in [0.2, 0.25) is 5.91 Å². The van der Waals surface area contributed by atoms with Crippen LogP contribution in [0.2, 0.25) is 0 Å². The highest BCUT2D eigenvalue weighted by Crippen LogP contribution is 2.33. The average Bonchev–Trinajstić information content (AvgIpc) is 3.10. The van der Waals surface area contributed by atoms with E-state index < -0.39 is 5.91 Å². The van der Waals surface area contributed by atoms with E-state index in [1.165, 1.54) is 12.8 Å². The largest absolute Gasteiger partial charge is 0.381 e. The number of hydrogen-bond acceptors (Lipinski definition) is 3. The van der Waals surface area contributed by atoms with Crippen LogP contribution in [0.1, 0.15) is 23.2 Å². The fourth-order valence-corrected chi connectivity index (χ4v) is 1.81. The maximum atomic E-state index is 10.9. The van der Waals surface area contributed by atoms with Crippen LogP contribution in [0, 0.1) is 5.92 Å². The third kappa shape index (κ3) is 2.52. The average molecular weight is 219 g/mol. The van der Waals surface area contributed by atoms with E-state index in [1.807, 2.05) is 12.1 Å². The van der Waals surface area contributed by atoms with Gasteiger partial charge in [0.25, 0.3) is 0 Å². The molecule has 1 amide bonds. The van der Waals surface area contributed by atoms with Crippen molar-refractivity contribution in [2.24, 2.45) is 17.4 Å². The predicted molar refractivity (Wildman–Crippen MR) is 64.1 cm³/mol. The van der Waals surface area contributed by atoms with Gasteiger partial charge in [-0.25, -0.2) is 0 Å². The van der Waals surface area contributed by atoms with Crippen molar-refractivity contribution in [2.75, 3.05) is 11.9 Å². The first kappa shape index (κ1) is 11.0. The summed E-state index contributed by atoms with van der Waals surface area (Å²) < 4.78 is 0. The molecule has 1 aliphatic rings. The van der Waals surface area contributed by atoms with Crippen molar-refractivity contribution < 1.29 is 4.79 Å². The number of rotatable bonds is 5. The monoisotopic (exact) mass is 219 g/mol. The summed E-state index contributed by atoms with van der Waals surface area (Å²) in [6.45, 7) is 0.641. The van der Waals surface area contributed by atoms with Gasteiger partial charge in [0, 0.05) is 23.8 Å². The summed E-state index contributed by atoms with van der Waals surface area (Å²) in [5.74, 6) is 0.310. The first-order valence-corrected chi connectivity index (χ1v) is 5.57. The van der Waals surface area contributed by atoms with E-state index in [2.05, 4.69) is 5.32 Å². The zero-order valence-corrected chi connectivity index (χ0v) is 9.15. The van der Waals surface area contributed by atoms with Gasteiger partial charge in [-0.15, -0.1) is 0 Å². The number of nitrogens with one attached hydrogen (secondary N) is 1. The quantitative estimate of drug-likeness (QED) is 0.689. The maximum Gasteiger partial charge on any atom is 0.248 e. The molecular weight excluding hydrogens is 202 g/mol. The van der Waals surface area contributed by atoms with Crippen LogP contribution in [0.25, 0.3) is 0 Å². The third-order valence-corrected chi connectivity index (χ3v) is 2.97. The normalized spacial score (nSPS) is 16.8. The van der Waals surface area contributed by atoms with E-state index in [1.54, 1.807) is 12.1 Å². The van der Waals surface area contributed by atoms with E-state index in [-0.39, 0.29) is 0 Å². The Kier molecular flexibility index (Phi) is 3.10. The zero-order valence-electron chi connectivity index (χ0n) is 9.15. The second kappa shape index (κ2) is 4.53. The van der Waals surface area contributed by atoms with E-state index >= 15 is 0 Å². The Morgan fingerprint density at radius 1 is 1.38 bits per heavy atom. The minimum atomic E-state index is -0.399. The van der Waals surface area contributed by atoms with Gasteiger partial charge in [0.1, 0.15) is 0 Å². The number of hydrogen-bond donors (Lipinski definition) is 3. The summed E-state index contributed by atoms with van der Waals surface area (Å²) in [5, 5.41) is 3.38. The Hall–Kier alpha value is -1.55. The second-order valence-corrected chi connectivity index (χ2v) is 4.27. The van der Waals surface area contributed by atoms with Crippen molar-refractivity contribution in [3.8, 4) is 0 Å². The molecule has 0 heterocycles. The molecule has 1 unspecified atom stereocenters. The van der Waals surface area contributed by atoms with Crippen molar-refractivity contribution in [1.29, 1.82) is 0 Å². The molecule has 1 atom stereocenters. The molecule has 0 bridgehead atoms. The number of carbonyl (C=O) groups is 1. The van der Waals surface area contributed by atoms with E-state index in [9.17, 15) is 4.79 Å². The van der Waals surface area contributed by atoms with Crippen LogP contribution in [0.15, 0.2) is 24.3 Å². The predicted octanol–water partition coefficient (Wildman–Crippen LogP) is 0.935. The Morgan fingerprint density at radius 3 is 2.44 bits per heavy atom. The molecular formula is C12H17N3O. The minimum Gasteiger partial charge on any atom is -0.381 e. The van der Waals surface area contributed by atoms with Gasteiger partial charge in [-0.05, 0) is 43.0 Å². The Bertz CT molecular complexity index is 370. The molecule has 0 saturated heterocycles. The fraction of sp³-hybridized carbons (Fsp3) is 0.417. The van der Waals surface area contributed by atoms with Crippen molar-refractivity contribution >= 4 is 11.6 Å². The lowest BCUT2D eigenvalue weighted by Gasteiger charge is -2.17. The molecule has 1 aromatic carbocycles. The Morgan fingerprint density at radius 2 is 2.00 bits per heavy atom. The fourth-order valence-electron chi connectivity index (χ4n) is 1.81. The van der Waals surface area contributed by atoms with E-state index in [0.29, 0.717) is 24.1 Å². The van der Waals surface area contributed by atoms with Crippen LogP contribution in [0.5, 0.6) is 0 Å². The van der Waals surface area contributed by atoms with Crippen LogP contribution in [0.3, 0.4) is 0 Å². The summed E-state index contributed by atoms with van der Waals surface area (Å²) in [5.41, 5.74) is 12.4. The molecule has 0 aliphatic heterocycles. The molecule has 86 valence electrons. The van der Waals surface area contributed by atoms with Crippen LogP contribution in [0.4, 0.5) is 5.69 Å². The SMILES string of the molecule is NCC(Nc1ccc(C(N)=O)cc1)C1CC1. The lowest BCUT2D eigenvalue weighted by molar-refractivity contribution is 0.100. The molecule has 1 aliphatic carbocycles. The molecule has 4 heteroatoms. The molecule has 16 heavy (non-hydrogen) atoms. The summed E-state index contributed by atoms with van der Waals surface area (Å²) >= 11 is 0. The molecule has 2 rings (SSSR count). The first-order chi connectivity index (χ1) is 7.70. The lowest BCUT2D eigenvalue weighted by Crippen LogP contribution is -2.30. The zero-order chi connectivity index (χ0) is 11.5. The minimum absolute atomic E-state index is 0.347. The summed E-state index contributed by atoms with van der Waals surface area (Å²) in [7, 11) is 0. The van der Waals surface area contributed by atoms with Gasteiger partial charge in [-0.3, -0.25) is 4.79 Å². The van der Waals surface area contributed by atoms with Crippen LogP contribution in [-0.2, 0) is 0 Å². The van der Waals surface area contributed by atoms with Crippen LogP contribution in [-0.4, -0.2) is 18.5 Å². The standard InChI is InChI=1S/C12H17N3O/c13-7-11(8-1-2-8)15-10-5-3-9(4-6-10)12(14)16/h3-6,8,11,15H,1-2,7,13H2,(H2,14,16). The number of amides is 1. The third-order valence-electron chi connectivity index (χ3n) is 2.97.